The number of likely N-dealkylation sites (N-methyl/N-ethyl adjacent to an activating group) is 1. The summed E-state index contributed by atoms with van der Waals surface area (Å²) in [5.74, 6) is -0.935. The number of nitrogens with one attached hydrogen (secondary N) is 1. The van der Waals surface area contributed by atoms with E-state index >= 15 is 0 Å². The lowest BCUT2D eigenvalue weighted by molar-refractivity contribution is 0.551. The Hall–Kier alpha value is -0.960. The molecule has 1 rings (SSSR count). The molecule has 1 N–H and O–H groups in total. The van der Waals surface area contributed by atoms with Crippen molar-refractivity contribution < 1.29 is 8.78 Å². The van der Waals surface area contributed by atoms with Crippen LogP contribution in [-0.2, 0) is 6.42 Å². The van der Waals surface area contributed by atoms with Gasteiger partial charge in [0.2, 0.25) is 0 Å². The van der Waals surface area contributed by atoms with Crippen LogP contribution in [0.15, 0.2) is 18.2 Å². The quantitative estimate of drug-likeness (QED) is 0.730. The summed E-state index contributed by atoms with van der Waals surface area (Å²) < 4.78 is 25.8. The maximum absolute atomic E-state index is 12.9. The molecule has 0 saturated heterocycles. The topological polar surface area (TPSA) is 12.0 Å². The van der Waals surface area contributed by atoms with Crippen LogP contribution >= 0.6 is 0 Å². The monoisotopic (exact) mass is 171 g/mol. The second kappa shape index (κ2) is 4.16. The minimum atomic E-state index is -0.467. The molecule has 66 valence electrons. The molecule has 0 bridgehead atoms. The minimum Gasteiger partial charge on any atom is -0.319 e. The zero-order valence-electron chi connectivity index (χ0n) is 6.90. The summed E-state index contributed by atoms with van der Waals surface area (Å²) in [6, 6.07) is 3.91. The molecule has 0 unspecified atom stereocenters. The molecule has 3 heteroatoms. The first-order valence-electron chi connectivity index (χ1n) is 3.83. The van der Waals surface area contributed by atoms with Gasteiger partial charge in [0.15, 0.2) is 0 Å². The van der Waals surface area contributed by atoms with Gasteiger partial charge in [-0.15, -0.1) is 0 Å². The maximum Gasteiger partial charge on any atom is 0.129 e. The van der Waals surface area contributed by atoms with E-state index in [0.717, 1.165) is 0 Å². The lowest BCUT2D eigenvalue weighted by Crippen LogP contribution is -2.12. The zero-order valence-corrected chi connectivity index (χ0v) is 6.90. The summed E-state index contributed by atoms with van der Waals surface area (Å²) in [6.45, 7) is 0.581. The van der Waals surface area contributed by atoms with Crippen LogP contribution in [0.25, 0.3) is 0 Å². The van der Waals surface area contributed by atoms with Crippen molar-refractivity contribution in [2.24, 2.45) is 0 Å². The molecule has 1 nitrogen and oxygen atoms in total. The second-order valence-electron chi connectivity index (χ2n) is 2.55. The molecule has 0 amide bonds. The summed E-state index contributed by atoms with van der Waals surface area (Å²) in [6.07, 6.45) is 0.384. The first-order valence-corrected chi connectivity index (χ1v) is 3.83. The van der Waals surface area contributed by atoms with Crippen molar-refractivity contribution in [2.75, 3.05) is 13.6 Å². The van der Waals surface area contributed by atoms with Crippen LogP contribution in [0.2, 0.25) is 0 Å². The smallest absolute Gasteiger partial charge is 0.129 e. The van der Waals surface area contributed by atoms with E-state index in [1.54, 1.807) is 7.05 Å². The van der Waals surface area contributed by atoms with Crippen LogP contribution in [0.4, 0.5) is 8.78 Å². The van der Waals surface area contributed by atoms with Crippen LogP contribution in [-0.4, -0.2) is 13.6 Å². The molecule has 0 atom stereocenters. The molecular formula is C9H11F2N. The Kier molecular flexibility index (Phi) is 3.17. The van der Waals surface area contributed by atoms with Crippen LogP contribution < -0.4 is 5.32 Å². The van der Waals surface area contributed by atoms with E-state index in [1.165, 1.54) is 18.2 Å². The van der Waals surface area contributed by atoms with Gasteiger partial charge in [0.25, 0.3) is 0 Å². The Bertz CT molecular complexity index is 240. The number of hydrogen-bond donors (Lipinski definition) is 1. The summed E-state index contributed by atoms with van der Waals surface area (Å²) >= 11 is 0. The molecule has 0 spiro atoms. The van der Waals surface area contributed by atoms with Gasteiger partial charge in [-0.05, 0) is 32.1 Å². The highest BCUT2D eigenvalue weighted by Gasteiger charge is 2.06. The average Bonchev–Trinajstić information content (AvgIpc) is 2.04. The highest BCUT2D eigenvalue weighted by Crippen LogP contribution is 2.11. The van der Waals surface area contributed by atoms with E-state index < -0.39 is 11.6 Å². The largest absolute Gasteiger partial charge is 0.319 e. The van der Waals surface area contributed by atoms with Crippen molar-refractivity contribution >= 4 is 0 Å². The fourth-order valence-electron chi connectivity index (χ4n) is 1.02. The second-order valence-corrected chi connectivity index (χ2v) is 2.55. The van der Waals surface area contributed by atoms with Gasteiger partial charge in [-0.25, -0.2) is 8.78 Å². The highest BCUT2D eigenvalue weighted by atomic mass is 19.1. The Morgan fingerprint density at radius 2 is 1.83 bits per heavy atom. The minimum absolute atomic E-state index is 0.159. The van der Waals surface area contributed by atoms with Crippen LogP contribution in [0, 0.1) is 11.6 Å². The fraction of sp³-hybridized carbons (Fsp3) is 0.333. The Morgan fingerprint density at radius 1 is 1.25 bits per heavy atom. The Balaban J connectivity index is 2.81. The van der Waals surface area contributed by atoms with Crippen molar-refractivity contribution in [1.29, 1.82) is 0 Å². The summed E-state index contributed by atoms with van der Waals surface area (Å²) in [4.78, 5) is 0. The number of rotatable bonds is 3. The van der Waals surface area contributed by atoms with Gasteiger partial charge in [-0.2, -0.15) is 0 Å². The van der Waals surface area contributed by atoms with Gasteiger partial charge in [-0.3, -0.25) is 0 Å². The number of benzene rings is 1. The van der Waals surface area contributed by atoms with Crippen molar-refractivity contribution in [3.63, 3.8) is 0 Å². The van der Waals surface area contributed by atoms with Gasteiger partial charge < -0.3 is 5.32 Å². The van der Waals surface area contributed by atoms with Gasteiger partial charge >= 0.3 is 0 Å². The molecule has 1 aromatic carbocycles. The predicted molar refractivity (Wildman–Crippen MR) is 44.0 cm³/mol. The van der Waals surface area contributed by atoms with Gasteiger partial charge in [-0.1, -0.05) is 6.07 Å². The van der Waals surface area contributed by atoms with E-state index in [2.05, 4.69) is 5.32 Å². The molecule has 1 aromatic rings. The lowest BCUT2D eigenvalue weighted by atomic mass is 10.1. The SMILES string of the molecule is CNCCc1c(F)cccc1F. The van der Waals surface area contributed by atoms with E-state index in [9.17, 15) is 8.78 Å². The molecule has 0 heterocycles. The zero-order chi connectivity index (χ0) is 8.97. The van der Waals surface area contributed by atoms with Crippen molar-refractivity contribution in [2.45, 2.75) is 6.42 Å². The number of halogens is 2. The van der Waals surface area contributed by atoms with Crippen LogP contribution in [0.5, 0.6) is 0 Å². The summed E-state index contributed by atoms with van der Waals surface area (Å²) in [5, 5.41) is 2.84. The maximum atomic E-state index is 12.9. The Labute approximate surface area is 70.4 Å². The molecule has 0 aliphatic carbocycles. The molecule has 12 heavy (non-hydrogen) atoms. The summed E-state index contributed by atoms with van der Waals surface area (Å²) in [5.41, 5.74) is 0.159. The van der Waals surface area contributed by atoms with E-state index in [-0.39, 0.29) is 5.56 Å². The molecular weight excluding hydrogens is 160 g/mol. The Morgan fingerprint density at radius 3 is 2.33 bits per heavy atom. The molecule has 0 saturated carbocycles. The molecule has 0 aliphatic rings. The average molecular weight is 171 g/mol. The van der Waals surface area contributed by atoms with Crippen molar-refractivity contribution in [3.8, 4) is 0 Å². The van der Waals surface area contributed by atoms with Gasteiger partial charge in [0, 0.05) is 5.56 Å². The first kappa shape index (κ1) is 9.13. The third-order valence-electron chi connectivity index (χ3n) is 1.69. The molecule has 0 aliphatic heterocycles. The molecule has 0 radical (unpaired) electrons. The third-order valence-corrected chi connectivity index (χ3v) is 1.69. The van der Waals surface area contributed by atoms with Crippen LogP contribution in [0.1, 0.15) is 5.56 Å². The van der Waals surface area contributed by atoms with Gasteiger partial charge in [0.05, 0.1) is 0 Å². The third kappa shape index (κ3) is 2.01. The molecule has 0 fully saturated rings. The lowest BCUT2D eigenvalue weighted by Gasteiger charge is -2.03. The van der Waals surface area contributed by atoms with E-state index in [4.69, 9.17) is 0 Å². The summed E-state index contributed by atoms with van der Waals surface area (Å²) in [7, 11) is 1.75. The molecule has 0 aromatic heterocycles. The standard InChI is InChI=1S/C9H11F2N/c1-12-6-5-7-8(10)3-2-4-9(7)11/h2-4,12H,5-6H2,1H3. The fourth-order valence-corrected chi connectivity index (χ4v) is 1.02. The predicted octanol–water partition coefficient (Wildman–Crippen LogP) is 1.73. The van der Waals surface area contributed by atoms with E-state index in [1.807, 2.05) is 0 Å². The highest BCUT2D eigenvalue weighted by molar-refractivity contribution is 5.19. The first-order chi connectivity index (χ1) is 5.75. The number of hydrogen-bond acceptors (Lipinski definition) is 1. The van der Waals surface area contributed by atoms with Gasteiger partial charge in [0.1, 0.15) is 11.6 Å². The van der Waals surface area contributed by atoms with E-state index in [0.29, 0.717) is 13.0 Å². The van der Waals surface area contributed by atoms with Crippen LogP contribution in [0.3, 0.4) is 0 Å². The van der Waals surface area contributed by atoms with Crippen molar-refractivity contribution in [1.82, 2.24) is 5.32 Å². The van der Waals surface area contributed by atoms with Crippen molar-refractivity contribution in [3.05, 3.63) is 35.4 Å². The normalized spacial score (nSPS) is 10.2.